The van der Waals surface area contributed by atoms with Crippen molar-refractivity contribution in [3.8, 4) is 0 Å². The van der Waals surface area contributed by atoms with Gasteiger partial charge < -0.3 is 10.2 Å². The molecule has 4 nitrogen and oxygen atoms in total. The van der Waals surface area contributed by atoms with Gasteiger partial charge in [-0.2, -0.15) is 4.39 Å². The van der Waals surface area contributed by atoms with Gasteiger partial charge in [0, 0.05) is 25.2 Å². The molecule has 1 fully saturated rings. The molecule has 2 rings (SSSR count). The van der Waals surface area contributed by atoms with Gasteiger partial charge in [0.15, 0.2) is 0 Å². The molecule has 94 valence electrons. The van der Waals surface area contributed by atoms with Gasteiger partial charge in [0.05, 0.1) is 0 Å². The van der Waals surface area contributed by atoms with Gasteiger partial charge in [-0.25, -0.2) is 9.97 Å². The van der Waals surface area contributed by atoms with Crippen LogP contribution in [0.3, 0.4) is 0 Å². The van der Waals surface area contributed by atoms with Crippen molar-refractivity contribution in [3.63, 3.8) is 0 Å². The summed E-state index contributed by atoms with van der Waals surface area (Å²) in [4.78, 5) is 9.87. The lowest BCUT2D eigenvalue weighted by molar-refractivity contribution is 0.266. The molecule has 1 saturated heterocycles. The first-order valence-corrected chi connectivity index (χ1v) is 6.10. The Bertz CT molecular complexity index is 369. The minimum atomic E-state index is -0.488. The number of hydrogen-bond acceptors (Lipinski definition) is 4. The first kappa shape index (κ1) is 12.2. The molecule has 0 saturated carbocycles. The van der Waals surface area contributed by atoms with E-state index in [-0.39, 0.29) is 0 Å². The van der Waals surface area contributed by atoms with Crippen LogP contribution in [0.5, 0.6) is 0 Å². The maximum atomic E-state index is 12.8. The fraction of sp³-hybridized carbons (Fsp3) is 0.667. The zero-order valence-corrected chi connectivity index (χ0v) is 10.4. The van der Waals surface area contributed by atoms with Crippen molar-refractivity contribution < 1.29 is 4.39 Å². The molecule has 1 atom stereocenters. The van der Waals surface area contributed by atoms with E-state index in [0.717, 1.165) is 19.6 Å². The van der Waals surface area contributed by atoms with Crippen molar-refractivity contribution >= 4 is 5.82 Å². The largest absolute Gasteiger partial charge is 0.370 e. The zero-order valence-electron chi connectivity index (χ0n) is 10.4. The topological polar surface area (TPSA) is 41.0 Å². The van der Waals surface area contributed by atoms with E-state index in [2.05, 4.69) is 34.0 Å². The highest BCUT2D eigenvalue weighted by molar-refractivity contribution is 5.32. The lowest BCUT2D eigenvalue weighted by Gasteiger charge is -2.20. The van der Waals surface area contributed by atoms with E-state index < -0.39 is 5.95 Å². The molecule has 0 aromatic carbocycles. The second-order valence-corrected chi connectivity index (χ2v) is 4.85. The molecule has 0 bridgehead atoms. The monoisotopic (exact) mass is 238 g/mol. The molecule has 2 heterocycles. The summed E-state index contributed by atoms with van der Waals surface area (Å²) in [7, 11) is 0. The second kappa shape index (κ2) is 5.40. The Morgan fingerprint density at radius 1 is 1.53 bits per heavy atom. The van der Waals surface area contributed by atoms with Crippen LogP contribution in [0.25, 0.3) is 0 Å². The fourth-order valence-corrected chi connectivity index (χ4v) is 2.18. The molecule has 0 aliphatic carbocycles. The molecule has 0 amide bonds. The van der Waals surface area contributed by atoms with Crippen molar-refractivity contribution in [1.82, 2.24) is 14.9 Å². The number of likely N-dealkylation sites (tertiary alicyclic amines) is 1. The Morgan fingerprint density at radius 3 is 3.00 bits per heavy atom. The smallest absolute Gasteiger partial charge is 0.217 e. The minimum absolute atomic E-state index is 0.488. The Kier molecular flexibility index (Phi) is 3.89. The molecule has 1 aliphatic rings. The lowest BCUT2D eigenvalue weighted by atomic mass is 10.1. The molecule has 1 aromatic heterocycles. The van der Waals surface area contributed by atoms with E-state index in [9.17, 15) is 4.39 Å². The molecular formula is C12H19FN4. The molecular weight excluding hydrogens is 219 g/mol. The predicted molar refractivity (Wildman–Crippen MR) is 65.3 cm³/mol. The summed E-state index contributed by atoms with van der Waals surface area (Å²) in [5.74, 6) is 0.702. The number of nitrogens with one attached hydrogen (secondary N) is 1. The van der Waals surface area contributed by atoms with Gasteiger partial charge in [0.2, 0.25) is 5.95 Å². The third-order valence-electron chi connectivity index (χ3n) is 3.25. The van der Waals surface area contributed by atoms with E-state index >= 15 is 0 Å². The van der Waals surface area contributed by atoms with Crippen molar-refractivity contribution in [3.05, 3.63) is 18.3 Å². The van der Waals surface area contributed by atoms with Gasteiger partial charge in [0.25, 0.3) is 0 Å². The summed E-state index contributed by atoms with van der Waals surface area (Å²) in [6.45, 7) is 7.55. The first-order valence-electron chi connectivity index (χ1n) is 6.10. The summed E-state index contributed by atoms with van der Waals surface area (Å²) in [6, 6.07) is 1.94. The van der Waals surface area contributed by atoms with Gasteiger partial charge in [-0.3, -0.25) is 0 Å². The van der Waals surface area contributed by atoms with Crippen LogP contribution in [-0.4, -0.2) is 40.5 Å². The van der Waals surface area contributed by atoms with E-state index in [1.165, 1.54) is 18.8 Å². The van der Waals surface area contributed by atoms with Gasteiger partial charge in [-0.15, -0.1) is 0 Å². The van der Waals surface area contributed by atoms with Crippen LogP contribution < -0.4 is 5.32 Å². The molecule has 5 heteroatoms. The molecule has 1 N–H and O–H groups in total. The molecule has 17 heavy (non-hydrogen) atoms. The van der Waals surface area contributed by atoms with Crippen molar-refractivity contribution in [2.75, 3.05) is 25.0 Å². The van der Waals surface area contributed by atoms with E-state index in [1.807, 2.05) is 0 Å². The number of nitrogens with zero attached hydrogens (tertiary/aromatic N) is 3. The summed E-state index contributed by atoms with van der Waals surface area (Å²) in [5, 5.41) is 3.17. The third-order valence-corrected chi connectivity index (χ3v) is 3.25. The standard InChI is InChI=1S/C12H19FN4/c1-9(2)17-4-3-10(7-17)6-14-12-5-11(13)15-8-16-12/h5,8-10H,3-4,6-7H2,1-2H3,(H,14,15,16). The Balaban J connectivity index is 1.80. The van der Waals surface area contributed by atoms with Crippen molar-refractivity contribution in [2.45, 2.75) is 26.3 Å². The van der Waals surface area contributed by atoms with Crippen molar-refractivity contribution in [1.29, 1.82) is 0 Å². The molecule has 0 spiro atoms. The van der Waals surface area contributed by atoms with Crippen LogP contribution in [0.1, 0.15) is 20.3 Å². The molecule has 0 radical (unpaired) electrons. The van der Waals surface area contributed by atoms with Crippen LogP contribution >= 0.6 is 0 Å². The average molecular weight is 238 g/mol. The van der Waals surface area contributed by atoms with Gasteiger partial charge in [-0.1, -0.05) is 0 Å². The van der Waals surface area contributed by atoms with E-state index in [1.54, 1.807) is 0 Å². The third kappa shape index (κ3) is 3.36. The minimum Gasteiger partial charge on any atom is -0.370 e. The van der Waals surface area contributed by atoms with Crippen LogP contribution in [0.2, 0.25) is 0 Å². The van der Waals surface area contributed by atoms with Crippen LogP contribution in [0.15, 0.2) is 12.4 Å². The van der Waals surface area contributed by atoms with E-state index in [4.69, 9.17) is 0 Å². The normalized spacial score (nSPS) is 21.1. The second-order valence-electron chi connectivity index (χ2n) is 4.85. The number of aromatic nitrogens is 2. The molecule has 1 aliphatic heterocycles. The highest BCUT2D eigenvalue weighted by atomic mass is 19.1. The zero-order chi connectivity index (χ0) is 12.3. The average Bonchev–Trinajstić information content (AvgIpc) is 2.75. The van der Waals surface area contributed by atoms with Gasteiger partial charge >= 0.3 is 0 Å². The Hall–Kier alpha value is -1.23. The SMILES string of the molecule is CC(C)N1CCC(CNc2cc(F)ncn2)C1. The molecule has 1 aromatic rings. The van der Waals surface area contributed by atoms with Gasteiger partial charge in [0.1, 0.15) is 12.1 Å². The Morgan fingerprint density at radius 2 is 2.35 bits per heavy atom. The highest BCUT2D eigenvalue weighted by Gasteiger charge is 2.23. The lowest BCUT2D eigenvalue weighted by Crippen LogP contribution is -2.29. The number of halogens is 1. The highest BCUT2D eigenvalue weighted by Crippen LogP contribution is 2.18. The fourth-order valence-electron chi connectivity index (χ4n) is 2.18. The van der Waals surface area contributed by atoms with Crippen LogP contribution in [0.4, 0.5) is 10.2 Å². The van der Waals surface area contributed by atoms with Crippen molar-refractivity contribution in [2.24, 2.45) is 5.92 Å². The quantitative estimate of drug-likeness (QED) is 0.811. The number of hydrogen-bond donors (Lipinski definition) is 1. The summed E-state index contributed by atoms with van der Waals surface area (Å²) >= 11 is 0. The van der Waals surface area contributed by atoms with E-state index in [0.29, 0.717) is 17.8 Å². The molecule has 1 unspecified atom stereocenters. The Labute approximate surface area is 101 Å². The summed E-state index contributed by atoms with van der Waals surface area (Å²) in [6.07, 6.45) is 2.44. The van der Waals surface area contributed by atoms with Crippen LogP contribution in [-0.2, 0) is 0 Å². The van der Waals surface area contributed by atoms with Crippen LogP contribution in [0, 0.1) is 11.9 Å². The number of anilines is 1. The summed E-state index contributed by atoms with van der Waals surface area (Å²) < 4.78 is 12.8. The first-order chi connectivity index (χ1) is 8.15. The predicted octanol–water partition coefficient (Wildman–Crippen LogP) is 1.76. The number of rotatable bonds is 4. The van der Waals surface area contributed by atoms with Gasteiger partial charge in [-0.05, 0) is 32.7 Å². The summed E-state index contributed by atoms with van der Waals surface area (Å²) in [5.41, 5.74) is 0. The maximum Gasteiger partial charge on any atom is 0.217 e. The maximum absolute atomic E-state index is 12.8.